The number of carbonyl (C=O) groups is 2. The fraction of sp³-hybridized carbons (Fsp3) is 0.417. The van der Waals surface area contributed by atoms with Crippen molar-refractivity contribution in [1.82, 2.24) is 4.90 Å². The summed E-state index contributed by atoms with van der Waals surface area (Å²) in [5.41, 5.74) is -0.0857. The predicted molar refractivity (Wildman–Crippen MR) is 113 cm³/mol. The lowest BCUT2D eigenvalue weighted by Gasteiger charge is -2.36. The molecule has 160 valence electrons. The van der Waals surface area contributed by atoms with Crippen molar-refractivity contribution in [3.05, 3.63) is 65.7 Å². The molecule has 0 saturated carbocycles. The molecule has 1 amide bonds. The average molecular weight is 411 g/mol. The number of amides is 1. The van der Waals surface area contributed by atoms with Crippen LogP contribution in [-0.4, -0.2) is 33.2 Å². The summed E-state index contributed by atoms with van der Waals surface area (Å²) in [6, 6.07) is 17.0. The summed E-state index contributed by atoms with van der Waals surface area (Å²) in [5.74, 6) is -0.316. The van der Waals surface area contributed by atoms with Crippen molar-refractivity contribution in [1.29, 1.82) is 0 Å². The molecule has 3 rings (SSSR count). The zero-order valence-electron chi connectivity index (χ0n) is 17.9. The Bertz CT molecular complexity index is 888. The Labute approximate surface area is 177 Å². The second-order valence-corrected chi connectivity index (χ2v) is 8.83. The van der Waals surface area contributed by atoms with Gasteiger partial charge in [0.1, 0.15) is 23.5 Å². The molecule has 1 heterocycles. The zero-order chi connectivity index (χ0) is 21.9. The van der Waals surface area contributed by atoms with Crippen molar-refractivity contribution in [3.63, 3.8) is 0 Å². The maximum Gasteiger partial charge on any atom is 0.411 e. The van der Waals surface area contributed by atoms with E-state index < -0.39 is 23.2 Å². The second kappa shape index (κ2) is 8.38. The number of nitrogens with zero attached hydrogens (tertiary/aromatic N) is 1. The first kappa shape index (κ1) is 21.7. The molecule has 30 heavy (non-hydrogen) atoms. The van der Waals surface area contributed by atoms with Gasteiger partial charge in [-0.15, -0.1) is 0 Å². The van der Waals surface area contributed by atoms with Gasteiger partial charge in [0, 0.05) is 0 Å². The van der Waals surface area contributed by atoms with Crippen molar-refractivity contribution in [2.45, 2.75) is 64.3 Å². The molecule has 2 aromatic carbocycles. The lowest BCUT2D eigenvalue weighted by molar-refractivity contribution is -0.149. The van der Waals surface area contributed by atoms with E-state index in [1.807, 2.05) is 54.6 Å². The van der Waals surface area contributed by atoms with Crippen LogP contribution in [0.2, 0.25) is 0 Å². The van der Waals surface area contributed by atoms with E-state index in [0.29, 0.717) is 25.2 Å². The number of benzene rings is 2. The van der Waals surface area contributed by atoms with Crippen molar-refractivity contribution in [2.75, 3.05) is 0 Å². The summed E-state index contributed by atoms with van der Waals surface area (Å²) < 4.78 is 11.4. The van der Waals surface area contributed by atoms with E-state index in [4.69, 9.17) is 9.47 Å². The van der Waals surface area contributed by atoms with Crippen LogP contribution in [0.1, 0.15) is 57.7 Å². The fourth-order valence-electron chi connectivity index (χ4n) is 3.70. The molecule has 2 aromatic rings. The molecule has 0 unspecified atom stereocenters. The average Bonchev–Trinajstić information content (AvgIpc) is 3.05. The van der Waals surface area contributed by atoms with Gasteiger partial charge in [0.15, 0.2) is 0 Å². The first-order valence-electron chi connectivity index (χ1n) is 10.1. The minimum absolute atomic E-state index is 0.360. The third-order valence-electron chi connectivity index (χ3n) is 5.31. The summed E-state index contributed by atoms with van der Waals surface area (Å²) >= 11 is 0. The smallest absolute Gasteiger partial charge is 0.411 e. The van der Waals surface area contributed by atoms with Gasteiger partial charge in [-0.25, -0.2) is 9.59 Å². The van der Waals surface area contributed by atoms with E-state index in [1.54, 1.807) is 27.7 Å². The highest BCUT2D eigenvalue weighted by Crippen LogP contribution is 2.44. The van der Waals surface area contributed by atoms with Crippen LogP contribution in [-0.2, 0) is 16.1 Å². The summed E-state index contributed by atoms with van der Waals surface area (Å²) in [5, 5.41) is 9.81. The Morgan fingerprint density at radius 2 is 1.73 bits per heavy atom. The number of hydrogen-bond donors (Lipinski definition) is 1. The maximum absolute atomic E-state index is 12.9. The monoisotopic (exact) mass is 411 g/mol. The summed E-state index contributed by atoms with van der Waals surface area (Å²) in [7, 11) is 0. The van der Waals surface area contributed by atoms with Crippen LogP contribution < -0.4 is 4.74 Å². The van der Waals surface area contributed by atoms with E-state index in [-0.39, 0.29) is 6.04 Å². The van der Waals surface area contributed by atoms with Crippen molar-refractivity contribution >= 4 is 12.1 Å². The molecule has 0 aromatic heterocycles. The van der Waals surface area contributed by atoms with E-state index >= 15 is 0 Å². The number of rotatable bonds is 5. The quantitative estimate of drug-likeness (QED) is 0.734. The lowest BCUT2D eigenvalue weighted by Crippen LogP contribution is -2.52. The minimum Gasteiger partial charge on any atom is -0.489 e. The molecule has 0 bridgehead atoms. The van der Waals surface area contributed by atoms with Crippen LogP contribution in [0.15, 0.2) is 54.6 Å². The largest absolute Gasteiger partial charge is 0.489 e. The van der Waals surface area contributed by atoms with E-state index in [2.05, 4.69) is 0 Å². The van der Waals surface area contributed by atoms with E-state index in [0.717, 1.165) is 11.1 Å². The Morgan fingerprint density at radius 1 is 1.10 bits per heavy atom. The SMILES string of the molecule is CC(C)(C)OC(=O)N1[C@H](c2ccc(OCc3ccccc3)cc2)CC[C@]1(C)C(=O)O. The van der Waals surface area contributed by atoms with E-state index in [9.17, 15) is 14.7 Å². The van der Waals surface area contributed by atoms with Crippen LogP contribution in [0.4, 0.5) is 4.79 Å². The van der Waals surface area contributed by atoms with Gasteiger partial charge in [-0.3, -0.25) is 4.90 Å². The van der Waals surface area contributed by atoms with Crippen LogP contribution in [0.5, 0.6) is 5.75 Å². The number of aliphatic carboxylic acids is 1. The number of likely N-dealkylation sites (tertiary alicyclic amines) is 1. The lowest BCUT2D eigenvalue weighted by atomic mass is 9.99. The molecule has 6 heteroatoms. The molecule has 6 nitrogen and oxygen atoms in total. The third kappa shape index (κ3) is 4.75. The summed E-state index contributed by atoms with van der Waals surface area (Å²) in [6.07, 6.45) is 0.296. The van der Waals surface area contributed by atoms with Gasteiger partial charge in [-0.2, -0.15) is 0 Å². The highest BCUT2D eigenvalue weighted by atomic mass is 16.6. The molecule has 1 aliphatic heterocycles. The minimum atomic E-state index is -1.31. The maximum atomic E-state index is 12.9. The van der Waals surface area contributed by atoms with Crippen molar-refractivity contribution in [2.24, 2.45) is 0 Å². The zero-order valence-corrected chi connectivity index (χ0v) is 17.9. The predicted octanol–water partition coefficient (Wildman–Crippen LogP) is 5.18. The third-order valence-corrected chi connectivity index (χ3v) is 5.31. The summed E-state index contributed by atoms with van der Waals surface area (Å²) in [4.78, 5) is 26.3. The Balaban J connectivity index is 1.78. The van der Waals surface area contributed by atoms with Gasteiger partial charge in [-0.1, -0.05) is 42.5 Å². The second-order valence-electron chi connectivity index (χ2n) is 8.83. The first-order chi connectivity index (χ1) is 14.1. The van der Waals surface area contributed by atoms with Crippen LogP contribution in [0.25, 0.3) is 0 Å². The van der Waals surface area contributed by atoms with Gasteiger partial charge in [0.2, 0.25) is 0 Å². The van der Waals surface area contributed by atoms with Gasteiger partial charge in [-0.05, 0) is 63.8 Å². The van der Waals surface area contributed by atoms with E-state index in [1.165, 1.54) is 4.90 Å². The van der Waals surface area contributed by atoms with Crippen LogP contribution in [0.3, 0.4) is 0 Å². The topological polar surface area (TPSA) is 76.1 Å². The number of carbonyl (C=O) groups excluding carboxylic acids is 1. The highest BCUT2D eigenvalue weighted by molar-refractivity contribution is 5.85. The molecule has 1 N–H and O–H groups in total. The molecule has 0 aliphatic carbocycles. The number of carboxylic acid groups (broad SMARTS) is 1. The molecule has 2 atom stereocenters. The van der Waals surface area contributed by atoms with Gasteiger partial charge < -0.3 is 14.6 Å². The number of ether oxygens (including phenoxy) is 2. The van der Waals surface area contributed by atoms with Crippen molar-refractivity contribution < 1.29 is 24.2 Å². The van der Waals surface area contributed by atoms with Gasteiger partial charge in [0.05, 0.1) is 6.04 Å². The molecular formula is C24H29NO5. The molecule has 0 radical (unpaired) electrons. The standard InChI is InChI=1S/C24H29NO5/c1-23(2,3)30-22(28)25-20(14-15-24(25,4)21(26)27)18-10-12-19(13-11-18)29-16-17-8-6-5-7-9-17/h5-13,20H,14-16H2,1-4H3,(H,26,27)/t20-,24+/m0/s1. The summed E-state index contributed by atoms with van der Waals surface area (Å²) in [6.45, 7) is 7.36. The molecule has 0 spiro atoms. The van der Waals surface area contributed by atoms with Crippen LogP contribution >= 0.6 is 0 Å². The fourth-order valence-corrected chi connectivity index (χ4v) is 3.70. The normalized spacial score (nSPS) is 21.3. The molecule has 1 fully saturated rings. The Hall–Kier alpha value is -3.02. The van der Waals surface area contributed by atoms with Crippen LogP contribution in [0, 0.1) is 0 Å². The van der Waals surface area contributed by atoms with Gasteiger partial charge in [0.25, 0.3) is 0 Å². The number of hydrogen-bond acceptors (Lipinski definition) is 4. The highest BCUT2D eigenvalue weighted by Gasteiger charge is 2.52. The molecular weight excluding hydrogens is 382 g/mol. The Morgan fingerprint density at radius 3 is 2.30 bits per heavy atom. The Kier molecular flexibility index (Phi) is 6.06. The van der Waals surface area contributed by atoms with Gasteiger partial charge >= 0.3 is 12.1 Å². The molecule has 1 saturated heterocycles. The first-order valence-corrected chi connectivity index (χ1v) is 10.1. The number of carboxylic acids is 1. The van der Waals surface area contributed by atoms with Crippen molar-refractivity contribution in [3.8, 4) is 5.75 Å². The molecule has 1 aliphatic rings.